The molecule has 0 atom stereocenters. The summed E-state index contributed by atoms with van der Waals surface area (Å²) >= 11 is 1.42. The molecule has 0 radical (unpaired) electrons. The average Bonchev–Trinajstić information content (AvgIpc) is 3.28. The van der Waals surface area contributed by atoms with Gasteiger partial charge in [-0.3, -0.25) is 4.98 Å². The lowest BCUT2D eigenvalue weighted by atomic mass is 10.3. The van der Waals surface area contributed by atoms with Gasteiger partial charge in [0.2, 0.25) is 21.9 Å². The van der Waals surface area contributed by atoms with E-state index in [1.807, 2.05) is 23.6 Å². The minimum absolute atomic E-state index is 0.00732. The lowest BCUT2D eigenvalue weighted by molar-refractivity contribution is 0.353. The van der Waals surface area contributed by atoms with Gasteiger partial charge in [-0.15, -0.1) is 11.3 Å². The third-order valence-corrected chi connectivity index (χ3v) is 6.16. The molecule has 0 bridgehead atoms. The minimum Gasteiger partial charge on any atom is -0.483 e. The van der Waals surface area contributed by atoms with Crippen molar-refractivity contribution >= 4 is 38.0 Å². The summed E-state index contributed by atoms with van der Waals surface area (Å²) < 4.78 is 39.1. The lowest BCUT2D eigenvalue weighted by Gasteiger charge is -2.17. The van der Waals surface area contributed by atoms with E-state index >= 15 is 0 Å². The molecule has 10 nitrogen and oxygen atoms in total. The Labute approximate surface area is 188 Å². The van der Waals surface area contributed by atoms with Gasteiger partial charge >= 0.3 is 0 Å². The van der Waals surface area contributed by atoms with Gasteiger partial charge in [0.1, 0.15) is 5.69 Å². The number of benzene rings is 1. The molecule has 0 saturated heterocycles. The van der Waals surface area contributed by atoms with Crippen molar-refractivity contribution in [3.8, 4) is 23.3 Å². The fraction of sp³-hybridized carbons (Fsp3) is 0.100. The zero-order chi connectivity index (χ0) is 22.6. The number of rotatable bonds is 8. The Morgan fingerprint density at radius 1 is 0.969 bits per heavy atom. The van der Waals surface area contributed by atoms with Crippen molar-refractivity contribution in [2.45, 2.75) is 4.90 Å². The Balaban J connectivity index is 1.48. The molecule has 4 aromatic rings. The monoisotopic (exact) mass is 469 g/mol. The summed E-state index contributed by atoms with van der Waals surface area (Å²) in [6, 6.07) is 13.0. The largest absolute Gasteiger partial charge is 0.483 e. The van der Waals surface area contributed by atoms with Gasteiger partial charge in [-0.2, -0.15) is 4.98 Å². The van der Waals surface area contributed by atoms with Gasteiger partial charge in [0.25, 0.3) is 0 Å². The van der Waals surface area contributed by atoms with E-state index in [0.29, 0.717) is 10.8 Å². The first-order chi connectivity index (χ1) is 15.5. The zero-order valence-corrected chi connectivity index (χ0v) is 18.6. The van der Waals surface area contributed by atoms with Crippen molar-refractivity contribution in [3.63, 3.8) is 0 Å². The van der Waals surface area contributed by atoms with Crippen LogP contribution in [-0.4, -0.2) is 42.6 Å². The number of hydrogen-bond acceptors (Lipinski definition) is 10. The molecule has 12 heteroatoms. The minimum atomic E-state index is -4.01. The molecule has 0 saturated carbocycles. The second-order valence-corrected chi connectivity index (χ2v) is 8.69. The normalized spacial score (nSPS) is 11.1. The predicted octanol–water partition coefficient (Wildman–Crippen LogP) is 4.15. The van der Waals surface area contributed by atoms with E-state index in [-0.39, 0.29) is 22.6 Å². The van der Waals surface area contributed by atoms with E-state index in [1.54, 1.807) is 18.3 Å². The van der Waals surface area contributed by atoms with Crippen LogP contribution in [0.15, 0.2) is 65.0 Å². The van der Waals surface area contributed by atoms with Crippen LogP contribution >= 0.6 is 11.3 Å². The zero-order valence-electron chi connectivity index (χ0n) is 17.0. The molecule has 3 aromatic heterocycles. The van der Waals surface area contributed by atoms with Crippen LogP contribution in [0.1, 0.15) is 0 Å². The fourth-order valence-electron chi connectivity index (χ4n) is 2.61. The van der Waals surface area contributed by atoms with Crippen LogP contribution in [0.3, 0.4) is 0 Å². The number of sulfonamides is 1. The Morgan fingerprint density at radius 3 is 2.47 bits per heavy atom. The number of pyridine rings is 1. The van der Waals surface area contributed by atoms with Crippen LogP contribution in [0.25, 0.3) is 16.1 Å². The van der Waals surface area contributed by atoms with E-state index in [0.717, 1.165) is 11.4 Å². The van der Waals surface area contributed by atoms with E-state index < -0.39 is 10.0 Å². The van der Waals surface area contributed by atoms with Crippen LogP contribution in [0.5, 0.6) is 11.9 Å². The number of nitrogens with zero attached hydrogens (tertiary/aromatic N) is 5. The Bertz CT molecular complexity index is 1290. The Kier molecular flexibility index (Phi) is 6.14. The molecular formula is C20H17N6O4S2-. The number of thiazole rings is 1. The number of ether oxygens (including phenoxy) is 2. The van der Waals surface area contributed by atoms with Crippen molar-refractivity contribution in [3.05, 3.63) is 64.8 Å². The number of methoxy groups -OCH3 is 2. The third kappa shape index (κ3) is 4.92. The first kappa shape index (κ1) is 21.5. The summed E-state index contributed by atoms with van der Waals surface area (Å²) in [6.45, 7) is 0. The highest BCUT2D eigenvalue weighted by atomic mass is 32.2. The molecular weight excluding hydrogens is 452 g/mol. The molecule has 0 unspecified atom stereocenters. The average molecular weight is 470 g/mol. The second-order valence-electron chi connectivity index (χ2n) is 6.22. The van der Waals surface area contributed by atoms with Gasteiger partial charge in [0.05, 0.1) is 24.8 Å². The van der Waals surface area contributed by atoms with Crippen molar-refractivity contribution in [1.82, 2.24) is 19.9 Å². The van der Waals surface area contributed by atoms with Crippen molar-refractivity contribution < 1.29 is 17.9 Å². The summed E-state index contributed by atoms with van der Waals surface area (Å²) in [7, 11) is -1.25. The molecule has 0 aliphatic carbocycles. The molecule has 0 spiro atoms. The van der Waals surface area contributed by atoms with Gasteiger partial charge in [-0.25, -0.2) is 13.4 Å². The maximum atomic E-state index is 12.7. The summed E-state index contributed by atoms with van der Waals surface area (Å²) in [4.78, 5) is 16.6. The molecule has 4 rings (SSSR count). The molecule has 32 heavy (non-hydrogen) atoms. The van der Waals surface area contributed by atoms with Crippen LogP contribution in [0, 0.1) is 0 Å². The number of nitrogens with one attached hydrogen (secondary N) is 1. The third-order valence-electron chi connectivity index (χ3n) is 4.11. The van der Waals surface area contributed by atoms with Crippen LogP contribution < -0.4 is 14.8 Å². The molecule has 1 N–H and O–H groups in total. The highest BCUT2D eigenvalue weighted by Gasteiger charge is 2.12. The Hall–Kier alpha value is -3.77. The van der Waals surface area contributed by atoms with E-state index in [9.17, 15) is 8.42 Å². The molecule has 164 valence electrons. The van der Waals surface area contributed by atoms with E-state index in [4.69, 9.17) is 9.47 Å². The molecule has 0 amide bonds. The van der Waals surface area contributed by atoms with Crippen LogP contribution in [0.2, 0.25) is 0 Å². The SMILES string of the molecule is COc1cc([N-]S(=O)(=O)c2ccc(Nc3nc(-c4ccccn4)cs3)cc2)nc(OC)n1. The van der Waals surface area contributed by atoms with Gasteiger partial charge in [0.15, 0.2) is 5.13 Å². The fourth-order valence-corrected chi connectivity index (χ4v) is 4.26. The maximum Gasteiger partial charge on any atom is 0.215 e. The van der Waals surface area contributed by atoms with E-state index in [1.165, 1.54) is 43.8 Å². The summed E-state index contributed by atoms with van der Waals surface area (Å²) in [5, 5.41) is 5.71. The first-order valence-corrected chi connectivity index (χ1v) is 11.5. The molecule has 3 heterocycles. The van der Waals surface area contributed by atoms with Crippen LogP contribution in [-0.2, 0) is 10.0 Å². The maximum absolute atomic E-state index is 12.7. The highest BCUT2D eigenvalue weighted by Crippen LogP contribution is 2.31. The number of aromatic nitrogens is 4. The Morgan fingerprint density at radius 2 is 1.78 bits per heavy atom. The van der Waals surface area contributed by atoms with Gasteiger partial charge < -0.3 is 24.5 Å². The smallest absolute Gasteiger partial charge is 0.215 e. The topological polar surface area (TPSA) is 130 Å². The van der Waals surface area contributed by atoms with Gasteiger partial charge in [0, 0.05) is 23.3 Å². The second kappa shape index (κ2) is 9.16. The van der Waals surface area contributed by atoms with Crippen molar-refractivity contribution in [1.29, 1.82) is 0 Å². The summed E-state index contributed by atoms with van der Waals surface area (Å²) in [6.07, 6.45) is 1.71. The summed E-state index contributed by atoms with van der Waals surface area (Å²) in [5.74, 6) is 0.0413. The number of anilines is 2. The summed E-state index contributed by atoms with van der Waals surface area (Å²) in [5.41, 5.74) is 2.21. The molecule has 1 aromatic carbocycles. The quantitative estimate of drug-likeness (QED) is 0.404. The lowest BCUT2D eigenvalue weighted by Crippen LogP contribution is -2.01. The van der Waals surface area contributed by atoms with Crippen molar-refractivity contribution in [2.24, 2.45) is 0 Å². The predicted molar refractivity (Wildman–Crippen MR) is 120 cm³/mol. The number of hydrogen-bond donors (Lipinski definition) is 1. The standard InChI is InChI=1S/C20H17N6O4S2/c1-29-18-11-17(24-19(25-18)30-2)26-32(27,28)14-8-6-13(7-9-14)22-20-23-16(12-31-20)15-5-3-4-10-21-15/h3-12H,1-2H3,(H-,22,23,24,25,26)/q-1. The van der Waals surface area contributed by atoms with Gasteiger partial charge in [-0.1, -0.05) is 6.07 Å². The highest BCUT2D eigenvalue weighted by molar-refractivity contribution is 7.94. The van der Waals surface area contributed by atoms with Crippen LogP contribution in [0.4, 0.5) is 16.6 Å². The van der Waals surface area contributed by atoms with Gasteiger partial charge in [-0.05, 0) is 42.2 Å². The van der Waals surface area contributed by atoms with E-state index in [2.05, 4.69) is 30.0 Å². The first-order valence-electron chi connectivity index (χ1n) is 9.16. The molecule has 0 aliphatic rings. The molecule has 0 fully saturated rings. The molecule has 0 aliphatic heterocycles. The van der Waals surface area contributed by atoms with Crippen molar-refractivity contribution in [2.75, 3.05) is 19.5 Å².